The van der Waals surface area contributed by atoms with Gasteiger partial charge in [-0.2, -0.15) is 0 Å². The molecule has 0 atom stereocenters. The van der Waals surface area contributed by atoms with Gasteiger partial charge in [-0.3, -0.25) is 9.59 Å². The molecule has 0 aliphatic heterocycles. The molecule has 0 spiro atoms. The number of nitrogens with one attached hydrogen (secondary N) is 1. The Balaban J connectivity index is 3.62. The highest BCUT2D eigenvalue weighted by molar-refractivity contribution is 7.88. The van der Waals surface area contributed by atoms with Crippen molar-refractivity contribution < 1.29 is 23.1 Å². The summed E-state index contributed by atoms with van der Waals surface area (Å²) in [6, 6.07) is 0. The van der Waals surface area contributed by atoms with Crippen molar-refractivity contribution in [2.45, 2.75) is 19.3 Å². The number of aliphatic carboxylic acids is 1. The van der Waals surface area contributed by atoms with Crippen molar-refractivity contribution in [2.75, 3.05) is 12.8 Å². The zero-order chi connectivity index (χ0) is 11.2. The van der Waals surface area contributed by atoms with E-state index in [4.69, 9.17) is 5.11 Å². The summed E-state index contributed by atoms with van der Waals surface area (Å²) >= 11 is 0. The summed E-state index contributed by atoms with van der Waals surface area (Å²) in [6.45, 7) is -0.265. The van der Waals surface area contributed by atoms with E-state index < -0.39 is 16.0 Å². The first-order chi connectivity index (χ1) is 6.31. The van der Waals surface area contributed by atoms with Crippen LogP contribution in [0, 0.1) is 0 Å². The van der Waals surface area contributed by atoms with Crippen LogP contribution in [0.1, 0.15) is 19.3 Å². The van der Waals surface area contributed by atoms with Crippen LogP contribution >= 0.6 is 0 Å². The molecule has 0 rings (SSSR count). The first-order valence-electron chi connectivity index (χ1n) is 3.99. The van der Waals surface area contributed by atoms with E-state index in [0.29, 0.717) is 0 Å². The summed E-state index contributed by atoms with van der Waals surface area (Å²) in [6.07, 6.45) is 1.19. The Bertz CT molecular complexity index is 308. The Morgan fingerprint density at radius 2 is 1.86 bits per heavy atom. The van der Waals surface area contributed by atoms with E-state index in [2.05, 4.69) is 0 Å². The fourth-order valence-electron chi connectivity index (χ4n) is 0.737. The van der Waals surface area contributed by atoms with Gasteiger partial charge in [0.1, 0.15) is 5.78 Å². The second kappa shape index (κ2) is 5.71. The SMILES string of the molecule is CS(=O)(=O)NCC(=O)CCCC(=O)O. The first kappa shape index (κ1) is 13.1. The quantitative estimate of drug-likeness (QED) is 0.598. The zero-order valence-electron chi connectivity index (χ0n) is 7.82. The molecule has 0 aliphatic rings. The van der Waals surface area contributed by atoms with Gasteiger partial charge in [0.15, 0.2) is 0 Å². The van der Waals surface area contributed by atoms with E-state index in [1.54, 1.807) is 0 Å². The minimum absolute atomic E-state index is 0.0782. The number of carbonyl (C=O) groups excluding carboxylic acids is 1. The van der Waals surface area contributed by atoms with Crippen molar-refractivity contribution in [1.29, 1.82) is 0 Å². The fraction of sp³-hybridized carbons (Fsp3) is 0.714. The van der Waals surface area contributed by atoms with Gasteiger partial charge in [-0.1, -0.05) is 0 Å². The Morgan fingerprint density at radius 3 is 2.29 bits per heavy atom. The average molecular weight is 223 g/mol. The molecule has 0 aromatic carbocycles. The van der Waals surface area contributed by atoms with Crippen LogP contribution in [-0.4, -0.2) is 38.1 Å². The second-order valence-corrected chi connectivity index (χ2v) is 4.71. The van der Waals surface area contributed by atoms with E-state index in [0.717, 1.165) is 6.26 Å². The number of Topliss-reactive ketones (excluding diaryl/α,β-unsaturated/α-hetero) is 1. The maximum Gasteiger partial charge on any atom is 0.303 e. The van der Waals surface area contributed by atoms with Gasteiger partial charge in [-0.15, -0.1) is 0 Å². The highest BCUT2D eigenvalue weighted by Gasteiger charge is 2.07. The van der Waals surface area contributed by atoms with Crippen molar-refractivity contribution in [3.63, 3.8) is 0 Å². The number of hydrogen-bond acceptors (Lipinski definition) is 4. The van der Waals surface area contributed by atoms with E-state index >= 15 is 0 Å². The molecule has 0 heterocycles. The van der Waals surface area contributed by atoms with Gasteiger partial charge in [0.25, 0.3) is 0 Å². The molecule has 14 heavy (non-hydrogen) atoms. The molecular weight excluding hydrogens is 210 g/mol. The maximum absolute atomic E-state index is 11.0. The predicted molar refractivity (Wildman–Crippen MR) is 49.3 cm³/mol. The summed E-state index contributed by atoms with van der Waals surface area (Å²) in [5.41, 5.74) is 0. The van der Waals surface area contributed by atoms with Crippen LogP contribution in [-0.2, 0) is 19.6 Å². The number of carboxylic acid groups (broad SMARTS) is 1. The van der Waals surface area contributed by atoms with Crippen molar-refractivity contribution >= 4 is 21.8 Å². The molecule has 0 radical (unpaired) electrons. The van der Waals surface area contributed by atoms with Gasteiger partial charge < -0.3 is 5.11 Å². The molecule has 0 aliphatic carbocycles. The summed E-state index contributed by atoms with van der Waals surface area (Å²) in [5, 5.41) is 8.26. The number of carbonyl (C=O) groups is 2. The molecule has 82 valence electrons. The van der Waals surface area contributed by atoms with Crippen molar-refractivity contribution in [1.82, 2.24) is 4.72 Å². The number of sulfonamides is 1. The van der Waals surface area contributed by atoms with Crippen LogP contribution in [0.2, 0.25) is 0 Å². The number of ketones is 1. The smallest absolute Gasteiger partial charge is 0.303 e. The second-order valence-electron chi connectivity index (χ2n) is 2.88. The number of rotatable bonds is 7. The summed E-state index contributed by atoms with van der Waals surface area (Å²) in [7, 11) is -3.35. The Morgan fingerprint density at radius 1 is 1.29 bits per heavy atom. The van der Waals surface area contributed by atoms with Crippen LogP contribution in [0.15, 0.2) is 0 Å². The summed E-state index contributed by atoms with van der Waals surface area (Å²) in [4.78, 5) is 21.0. The lowest BCUT2D eigenvalue weighted by atomic mass is 10.2. The number of hydrogen-bond donors (Lipinski definition) is 2. The van der Waals surface area contributed by atoms with Gasteiger partial charge >= 0.3 is 5.97 Å². The van der Waals surface area contributed by atoms with Crippen LogP contribution in [0.25, 0.3) is 0 Å². The van der Waals surface area contributed by atoms with Crippen molar-refractivity contribution in [2.24, 2.45) is 0 Å². The molecule has 0 aromatic rings. The van der Waals surface area contributed by atoms with Crippen LogP contribution in [0.4, 0.5) is 0 Å². The van der Waals surface area contributed by atoms with Gasteiger partial charge in [0, 0.05) is 12.8 Å². The summed E-state index contributed by atoms with van der Waals surface area (Å²) < 4.78 is 23.2. The highest BCUT2D eigenvalue weighted by Crippen LogP contribution is 1.95. The molecule has 0 amide bonds. The zero-order valence-corrected chi connectivity index (χ0v) is 8.63. The van der Waals surface area contributed by atoms with Gasteiger partial charge in [0.2, 0.25) is 10.0 Å². The summed E-state index contributed by atoms with van der Waals surface area (Å²) in [5.74, 6) is -1.27. The first-order valence-corrected chi connectivity index (χ1v) is 5.88. The van der Waals surface area contributed by atoms with Crippen molar-refractivity contribution in [3.05, 3.63) is 0 Å². The van der Waals surface area contributed by atoms with E-state index in [1.165, 1.54) is 0 Å². The molecule has 6 nitrogen and oxygen atoms in total. The lowest BCUT2D eigenvalue weighted by Crippen LogP contribution is -2.28. The molecule has 7 heteroatoms. The standard InChI is InChI=1S/C7H13NO5S/c1-14(12,13)8-5-6(9)3-2-4-7(10)11/h8H,2-5H2,1H3,(H,10,11). The normalized spacial score (nSPS) is 11.2. The van der Waals surface area contributed by atoms with Crippen LogP contribution in [0.3, 0.4) is 0 Å². The number of carboxylic acids is 1. The minimum atomic E-state index is -3.35. The molecular formula is C7H13NO5S. The van der Waals surface area contributed by atoms with Gasteiger partial charge in [-0.05, 0) is 6.42 Å². The lowest BCUT2D eigenvalue weighted by Gasteiger charge is -2.00. The van der Waals surface area contributed by atoms with Gasteiger partial charge in [-0.25, -0.2) is 13.1 Å². The minimum Gasteiger partial charge on any atom is -0.481 e. The van der Waals surface area contributed by atoms with Crippen molar-refractivity contribution in [3.8, 4) is 0 Å². The van der Waals surface area contributed by atoms with Crippen LogP contribution in [0.5, 0.6) is 0 Å². The topological polar surface area (TPSA) is 101 Å². The third-order valence-corrected chi connectivity index (χ3v) is 2.05. The Hall–Kier alpha value is -0.950. The van der Waals surface area contributed by atoms with E-state index in [1.807, 2.05) is 4.72 Å². The average Bonchev–Trinajstić information content (AvgIpc) is 1.99. The lowest BCUT2D eigenvalue weighted by molar-refractivity contribution is -0.137. The molecule has 0 fully saturated rings. The third-order valence-electron chi connectivity index (χ3n) is 1.38. The predicted octanol–water partition coefficient (Wildman–Crippen LogP) is -0.640. The van der Waals surface area contributed by atoms with E-state index in [9.17, 15) is 18.0 Å². The molecule has 0 saturated heterocycles. The molecule has 0 saturated carbocycles. The molecule has 0 bridgehead atoms. The Labute approximate surface area is 82.4 Å². The molecule has 2 N–H and O–H groups in total. The monoisotopic (exact) mass is 223 g/mol. The molecule has 0 aromatic heterocycles. The third kappa shape index (κ3) is 9.14. The fourth-order valence-corrected chi connectivity index (χ4v) is 1.16. The maximum atomic E-state index is 11.0. The van der Waals surface area contributed by atoms with Gasteiger partial charge in [0.05, 0.1) is 12.8 Å². The molecule has 0 unspecified atom stereocenters. The Kier molecular flexibility index (Phi) is 5.32. The highest BCUT2D eigenvalue weighted by atomic mass is 32.2. The largest absolute Gasteiger partial charge is 0.481 e. The van der Waals surface area contributed by atoms with E-state index in [-0.39, 0.29) is 31.6 Å². The van der Waals surface area contributed by atoms with Crippen LogP contribution < -0.4 is 4.72 Å².